The molecule has 0 radical (unpaired) electrons. The summed E-state index contributed by atoms with van der Waals surface area (Å²) in [5, 5.41) is 3.13. The minimum absolute atomic E-state index is 0.0487. The van der Waals surface area contributed by atoms with Crippen LogP contribution in [0, 0.1) is 0 Å². The molecule has 2 fully saturated rings. The van der Waals surface area contributed by atoms with Gasteiger partial charge in [0.05, 0.1) is 12.1 Å². The number of fused-ring (bicyclic) bond motifs is 3. The lowest BCUT2D eigenvalue weighted by atomic mass is 10.0. The monoisotopic (exact) mass is 417 g/mol. The van der Waals surface area contributed by atoms with Crippen LogP contribution in [0.3, 0.4) is 0 Å². The quantitative estimate of drug-likeness (QED) is 0.731. The molecule has 1 N–H and O–H groups in total. The van der Waals surface area contributed by atoms with E-state index in [1.807, 2.05) is 12.1 Å². The van der Waals surface area contributed by atoms with Crippen LogP contribution in [0.15, 0.2) is 36.4 Å². The highest BCUT2D eigenvalue weighted by atomic mass is 16.5. The molecule has 2 aliphatic heterocycles. The molecule has 2 aliphatic carbocycles. The van der Waals surface area contributed by atoms with Gasteiger partial charge in [-0.2, -0.15) is 0 Å². The number of nitrogens with zero attached hydrogens (tertiary/aromatic N) is 2. The second-order valence-electron chi connectivity index (χ2n) is 9.54. The number of ether oxygens (including phenoxy) is 1. The molecule has 162 valence electrons. The van der Waals surface area contributed by atoms with E-state index in [-0.39, 0.29) is 11.4 Å². The molecule has 1 spiro atoms. The number of aryl methyl sites for hydroxylation is 1. The highest BCUT2D eigenvalue weighted by Crippen LogP contribution is 2.50. The maximum absolute atomic E-state index is 12.2. The molecule has 2 aromatic rings. The van der Waals surface area contributed by atoms with Crippen molar-refractivity contribution in [3.63, 3.8) is 0 Å². The lowest BCUT2D eigenvalue weighted by molar-refractivity contribution is 0.0952. The van der Waals surface area contributed by atoms with E-state index in [1.165, 1.54) is 24.9 Å². The molecule has 0 atom stereocenters. The van der Waals surface area contributed by atoms with Crippen LogP contribution >= 0.6 is 0 Å². The van der Waals surface area contributed by atoms with Gasteiger partial charge in [0.1, 0.15) is 5.75 Å². The van der Waals surface area contributed by atoms with Crippen LogP contribution < -0.4 is 15.0 Å². The number of piperazine rings is 1. The largest absolute Gasteiger partial charge is 0.494 e. The predicted octanol–water partition coefficient (Wildman–Crippen LogP) is 3.50. The summed E-state index contributed by atoms with van der Waals surface area (Å²) in [6.45, 7) is 6.21. The molecule has 0 aromatic heterocycles. The number of carbonyl (C=O) groups excluding carboxylic acids is 1. The van der Waals surface area contributed by atoms with Crippen LogP contribution in [-0.4, -0.2) is 50.1 Å². The van der Waals surface area contributed by atoms with Gasteiger partial charge in [-0.05, 0) is 73.4 Å². The van der Waals surface area contributed by atoms with Crippen molar-refractivity contribution in [1.82, 2.24) is 10.2 Å². The number of rotatable bonds is 6. The Bertz CT molecular complexity index is 1010. The molecule has 0 bridgehead atoms. The van der Waals surface area contributed by atoms with E-state index in [1.54, 1.807) is 11.1 Å². The third-order valence-corrected chi connectivity index (χ3v) is 7.58. The zero-order chi connectivity index (χ0) is 20.8. The molecule has 1 saturated heterocycles. The SMILES string of the molecule is O=C1NC2(CC2)c2ccc(OCCCN3CCN(c4cccc5c4CCC5)CC3)cc21. The standard InChI is InChI=1S/C26H31N3O2/c30-25-22-18-20(8-9-23(22)26(27-25)10-11-26)31-17-3-12-28-13-15-29(16-14-28)24-7-2-5-19-4-1-6-21(19)24/h2,5,7-9,18H,1,3-4,6,10-17H2,(H,27,30). The van der Waals surface area contributed by atoms with Crippen LogP contribution in [0.4, 0.5) is 5.69 Å². The summed E-state index contributed by atoms with van der Waals surface area (Å²) in [7, 11) is 0. The van der Waals surface area contributed by atoms with Crippen LogP contribution in [-0.2, 0) is 18.4 Å². The van der Waals surface area contributed by atoms with Gasteiger partial charge in [0.25, 0.3) is 5.91 Å². The van der Waals surface area contributed by atoms with Crippen LogP contribution in [0.25, 0.3) is 0 Å². The number of anilines is 1. The maximum Gasteiger partial charge on any atom is 0.252 e. The van der Waals surface area contributed by atoms with Gasteiger partial charge in [-0.3, -0.25) is 9.69 Å². The summed E-state index contributed by atoms with van der Waals surface area (Å²) in [6.07, 6.45) is 6.93. The van der Waals surface area contributed by atoms with E-state index in [0.717, 1.165) is 68.9 Å². The van der Waals surface area contributed by atoms with Gasteiger partial charge < -0.3 is 15.0 Å². The van der Waals surface area contributed by atoms with Crippen molar-refractivity contribution in [1.29, 1.82) is 0 Å². The molecule has 5 heteroatoms. The number of amides is 1. The lowest BCUT2D eigenvalue weighted by Gasteiger charge is -2.37. The summed E-state index contributed by atoms with van der Waals surface area (Å²) < 4.78 is 5.98. The number of nitrogens with one attached hydrogen (secondary N) is 1. The van der Waals surface area contributed by atoms with Crippen molar-refractivity contribution >= 4 is 11.6 Å². The van der Waals surface area contributed by atoms with E-state index < -0.39 is 0 Å². The van der Waals surface area contributed by atoms with Crippen LogP contribution in [0.5, 0.6) is 5.75 Å². The summed E-state index contributed by atoms with van der Waals surface area (Å²) in [6, 6.07) is 12.9. The second kappa shape index (κ2) is 7.56. The van der Waals surface area contributed by atoms with Crippen molar-refractivity contribution in [3.8, 4) is 5.75 Å². The molecule has 0 unspecified atom stereocenters. The van der Waals surface area contributed by atoms with Gasteiger partial charge >= 0.3 is 0 Å². The van der Waals surface area contributed by atoms with Gasteiger partial charge in [-0.15, -0.1) is 0 Å². The highest BCUT2D eigenvalue weighted by Gasteiger charge is 2.52. The first-order valence-electron chi connectivity index (χ1n) is 11.9. The summed E-state index contributed by atoms with van der Waals surface area (Å²) in [5.41, 5.74) is 6.55. The van der Waals surface area contributed by atoms with Crippen molar-refractivity contribution in [2.45, 2.75) is 44.1 Å². The van der Waals surface area contributed by atoms with E-state index >= 15 is 0 Å². The number of hydrogen-bond donors (Lipinski definition) is 1. The molecular weight excluding hydrogens is 386 g/mol. The fourth-order valence-corrected chi connectivity index (χ4v) is 5.68. The van der Waals surface area contributed by atoms with Gasteiger partial charge in [0.2, 0.25) is 0 Å². The Hall–Kier alpha value is -2.53. The number of carbonyl (C=O) groups is 1. The molecule has 31 heavy (non-hydrogen) atoms. The first-order chi connectivity index (χ1) is 15.2. The molecule has 1 saturated carbocycles. The molecule has 2 aromatic carbocycles. The third kappa shape index (κ3) is 3.49. The van der Waals surface area contributed by atoms with Gasteiger partial charge in [0.15, 0.2) is 0 Å². The van der Waals surface area contributed by atoms with Crippen molar-refractivity contribution in [3.05, 3.63) is 58.7 Å². The fourth-order valence-electron chi connectivity index (χ4n) is 5.68. The predicted molar refractivity (Wildman–Crippen MR) is 122 cm³/mol. The minimum Gasteiger partial charge on any atom is -0.494 e. The molecule has 1 amide bonds. The van der Waals surface area contributed by atoms with Crippen LogP contribution in [0.1, 0.15) is 52.7 Å². The van der Waals surface area contributed by atoms with Crippen molar-refractivity contribution in [2.75, 3.05) is 44.2 Å². The normalized spacial score (nSPS) is 21.2. The molecule has 5 nitrogen and oxygen atoms in total. The molecule has 4 aliphatic rings. The van der Waals surface area contributed by atoms with E-state index in [0.29, 0.717) is 6.61 Å². The summed E-state index contributed by atoms with van der Waals surface area (Å²) >= 11 is 0. The smallest absolute Gasteiger partial charge is 0.252 e. The Morgan fingerprint density at radius 2 is 1.90 bits per heavy atom. The second-order valence-corrected chi connectivity index (χ2v) is 9.54. The van der Waals surface area contributed by atoms with Gasteiger partial charge in [-0.25, -0.2) is 0 Å². The van der Waals surface area contributed by atoms with Crippen LogP contribution in [0.2, 0.25) is 0 Å². The van der Waals surface area contributed by atoms with E-state index in [4.69, 9.17) is 4.74 Å². The lowest BCUT2D eigenvalue weighted by Crippen LogP contribution is -2.47. The van der Waals surface area contributed by atoms with Gasteiger partial charge in [0, 0.05) is 44.0 Å². The van der Waals surface area contributed by atoms with Crippen molar-refractivity contribution in [2.24, 2.45) is 0 Å². The molecule has 6 rings (SSSR count). The van der Waals surface area contributed by atoms with Crippen molar-refractivity contribution < 1.29 is 9.53 Å². The topological polar surface area (TPSA) is 44.8 Å². The Morgan fingerprint density at radius 3 is 2.74 bits per heavy atom. The maximum atomic E-state index is 12.2. The number of hydrogen-bond acceptors (Lipinski definition) is 4. The fraction of sp³-hybridized carbons (Fsp3) is 0.500. The third-order valence-electron chi connectivity index (χ3n) is 7.58. The minimum atomic E-state index is -0.0487. The Balaban J connectivity index is 0.974. The average Bonchev–Trinajstić information content (AvgIpc) is 3.30. The molecular formula is C26H31N3O2. The van der Waals surface area contributed by atoms with E-state index in [2.05, 4.69) is 39.4 Å². The zero-order valence-electron chi connectivity index (χ0n) is 18.2. The average molecular weight is 418 g/mol. The first kappa shape index (κ1) is 19.2. The van der Waals surface area contributed by atoms with Gasteiger partial charge in [-0.1, -0.05) is 18.2 Å². The highest BCUT2D eigenvalue weighted by molar-refractivity contribution is 6.01. The Labute approximate surface area is 184 Å². The Morgan fingerprint density at radius 1 is 1.03 bits per heavy atom. The first-order valence-corrected chi connectivity index (χ1v) is 11.9. The zero-order valence-corrected chi connectivity index (χ0v) is 18.2. The summed E-state index contributed by atoms with van der Waals surface area (Å²) in [5.74, 6) is 0.870. The molecule has 2 heterocycles. The van der Waals surface area contributed by atoms with E-state index in [9.17, 15) is 4.79 Å². The summed E-state index contributed by atoms with van der Waals surface area (Å²) in [4.78, 5) is 17.4. The Kier molecular flexibility index (Phi) is 4.67. The number of benzene rings is 2.